The number of nitrogens with zero attached hydrogens (tertiary/aromatic N) is 1. The fraction of sp³-hybridized carbons (Fsp3) is 0.296. The van der Waals surface area contributed by atoms with Crippen molar-refractivity contribution in [3.05, 3.63) is 89.7 Å². The summed E-state index contributed by atoms with van der Waals surface area (Å²) in [6.45, 7) is 0.246. The van der Waals surface area contributed by atoms with Crippen molar-refractivity contribution in [3.8, 4) is 5.75 Å². The highest BCUT2D eigenvalue weighted by Gasteiger charge is 2.46. The van der Waals surface area contributed by atoms with Crippen molar-refractivity contribution in [1.82, 2.24) is 10.3 Å². The van der Waals surface area contributed by atoms with Crippen LogP contribution in [0.3, 0.4) is 0 Å². The Labute approximate surface area is 203 Å². The molecule has 3 aromatic rings. The molecule has 2 aliphatic rings. The quantitative estimate of drug-likeness (QED) is 0.487. The molecule has 35 heavy (non-hydrogen) atoms. The summed E-state index contributed by atoms with van der Waals surface area (Å²) in [6.07, 6.45) is 2.66. The number of anilines is 1. The van der Waals surface area contributed by atoms with Crippen LogP contribution in [0.5, 0.6) is 5.75 Å². The van der Waals surface area contributed by atoms with Gasteiger partial charge in [-0.25, -0.2) is 0 Å². The molecule has 8 nitrogen and oxygen atoms in total. The average molecular weight is 474 g/mol. The number of carbonyl (C=O) groups excluding carboxylic acids is 2. The van der Waals surface area contributed by atoms with Gasteiger partial charge in [0.15, 0.2) is 0 Å². The monoisotopic (exact) mass is 473 g/mol. The summed E-state index contributed by atoms with van der Waals surface area (Å²) in [4.78, 5) is 29.1. The summed E-state index contributed by atoms with van der Waals surface area (Å²) in [5, 5.41) is 15.8. The number of amides is 2. The smallest absolute Gasteiger partial charge is 0.257 e. The van der Waals surface area contributed by atoms with Crippen molar-refractivity contribution in [2.24, 2.45) is 0 Å². The van der Waals surface area contributed by atoms with Crippen molar-refractivity contribution in [3.63, 3.8) is 0 Å². The van der Waals surface area contributed by atoms with Crippen molar-refractivity contribution < 1.29 is 24.2 Å². The zero-order chi connectivity index (χ0) is 24.2. The van der Waals surface area contributed by atoms with E-state index in [0.29, 0.717) is 30.0 Å². The second-order valence-corrected chi connectivity index (χ2v) is 8.82. The number of carbonyl (C=O) groups is 2. The number of rotatable bonds is 7. The van der Waals surface area contributed by atoms with E-state index in [-0.39, 0.29) is 43.0 Å². The van der Waals surface area contributed by atoms with Crippen LogP contribution >= 0.6 is 0 Å². The third kappa shape index (κ3) is 5.18. The Kier molecular flexibility index (Phi) is 6.74. The zero-order valence-electron chi connectivity index (χ0n) is 19.1. The van der Waals surface area contributed by atoms with Gasteiger partial charge in [-0.05, 0) is 42.3 Å². The van der Waals surface area contributed by atoms with Gasteiger partial charge in [-0.2, -0.15) is 0 Å². The van der Waals surface area contributed by atoms with Gasteiger partial charge in [0.1, 0.15) is 18.0 Å². The molecule has 180 valence electrons. The lowest BCUT2D eigenvalue weighted by Crippen LogP contribution is -2.47. The van der Waals surface area contributed by atoms with Crippen molar-refractivity contribution in [2.75, 3.05) is 11.9 Å². The number of hydrogen-bond acceptors (Lipinski definition) is 6. The lowest BCUT2D eigenvalue weighted by atomic mass is 9.84. The van der Waals surface area contributed by atoms with Gasteiger partial charge in [-0.3, -0.25) is 14.6 Å². The van der Waals surface area contributed by atoms with E-state index in [9.17, 15) is 14.7 Å². The minimum atomic E-state index is -0.540. The minimum absolute atomic E-state index is 0.0573. The summed E-state index contributed by atoms with van der Waals surface area (Å²) in [7, 11) is 0. The van der Waals surface area contributed by atoms with Gasteiger partial charge >= 0.3 is 0 Å². The summed E-state index contributed by atoms with van der Waals surface area (Å²) in [5.74, 6) is 0.293. The highest BCUT2D eigenvalue weighted by atomic mass is 16.6. The van der Waals surface area contributed by atoms with E-state index in [1.165, 1.54) is 6.20 Å². The van der Waals surface area contributed by atoms with Crippen LogP contribution in [-0.2, 0) is 16.1 Å². The Morgan fingerprint density at radius 1 is 1.09 bits per heavy atom. The molecule has 1 aromatic heterocycles. The minimum Gasteiger partial charge on any atom is -0.487 e. The second kappa shape index (κ2) is 10.2. The van der Waals surface area contributed by atoms with E-state index in [4.69, 9.17) is 9.47 Å². The van der Waals surface area contributed by atoms with Gasteiger partial charge in [0.25, 0.3) is 5.91 Å². The van der Waals surface area contributed by atoms with Gasteiger partial charge in [0.05, 0.1) is 24.7 Å². The molecule has 1 fully saturated rings. The lowest BCUT2D eigenvalue weighted by Gasteiger charge is -2.37. The number of aromatic nitrogens is 1. The fourth-order valence-electron chi connectivity index (χ4n) is 4.74. The van der Waals surface area contributed by atoms with Crippen LogP contribution in [0.2, 0.25) is 0 Å². The summed E-state index contributed by atoms with van der Waals surface area (Å²) in [6, 6.07) is 18.6. The number of pyridine rings is 1. The number of aliphatic hydroxyl groups is 1. The van der Waals surface area contributed by atoms with E-state index in [1.54, 1.807) is 24.4 Å². The van der Waals surface area contributed by atoms with Crippen molar-refractivity contribution >= 4 is 17.5 Å². The Hall–Kier alpha value is -3.75. The van der Waals surface area contributed by atoms with Gasteiger partial charge in [0.2, 0.25) is 5.91 Å². The first-order valence-electron chi connectivity index (χ1n) is 11.7. The molecule has 3 heterocycles. The molecule has 0 aliphatic carbocycles. The molecule has 4 atom stereocenters. The predicted molar refractivity (Wildman–Crippen MR) is 129 cm³/mol. The van der Waals surface area contributed by atoms with Crippen LogP contribution in [-0.4, -0.2) is 46.8 Å². The molecule has 0 saturated carbocycles. The number of benzene rings is 2. The maximum Gasteiger partial charge on any atom is 0.257 e. The van der Waals surface area contributed by atoms with Gasteiger partial charge in [0, 0.05) is 36.1 Å². The molecule has 2 aliphatic heterocycles. The molecule has 0 spiro atoms. The normalized spacial score (nSPS) is 22.4. The first-order valence-corrected chi connectivity index (χ1v) is 11.7. The molecular weight excluding hydrogens is 446 g/mol. The van der Waals surface area contributed by atoms with E-state index >= 15 is 0 Å². The molecule has 0 radical (unpaired) electrons. The van der Waals surface area contributed by atoms with Crippen LogP contribution in [0, 0.1) is 0 Å². The molecule has 0 unspecified atom stereocenters. The number of hydrogen-bond donors (Lipinski definition) is 3. The molecule has 1 saturated heterocycles. The van der Waals surface area contributed by atoms with E-state index in [0.717, 1.165) is 11.1 Å². The third-order valence-electron chi connectivity index (χ3n) is 6.43. The van der Waals surface area contributed by atoms with E-state index < -0.39 is 6.10 Å². The number of aliphatic hydroxyl groups excluding tert-OH is 1. The van der Waals surface area contributed by atoms with Gasteiger partial charge < -0.3 is 25.2 Å². The highest BCUT2D eigenvalue weighted by Crippen LogP contribution is 2.47. The summed E-state index contributed by atoms with van der Waals surface area (Å²) in [5.41, 5.74) is 3.08. The second-order valence-electron chi connectivity index (χ2n) is 8.82. The molecule has 0 bridgehead atoms. The predicted octanol–water partition coefficient (Wildman–Crippen LogP) is 3.03. The molecule has 8 heteroatoms. The number of nitrogens with one attached hydrogen (secondary N) is 2. The number of ether oxygens (including phenoxy) is 2. The van der Waals surface area contributed by atoms with E-state index in [2.05, 4.69) is 15.6 Å². The van der Waals surface area contributed by atoms with Gasteiger partial charge in [-0.15, -0.1) is 0 Å². The standard InChI is InChI=1S/C27H27N3O5/c31-16-24-26-22(12-20(34-24)13-25(32)29-14-17-5-2-1-3-6-17)21-11-19(8-9-23(21)35-26)30-27(33)18-7-4-10-28-15-18/h1-11,15,20,22,24,26,31H,12-14,16H2,(H,29,32)(H,30,33)/t20-,22+,24-,26-/m0/s1. The van der Waals surface area contributed by atoms with Crippen LogP contribution in [0.25, 0.3) is 0 Å². The third-order valence-corrected chi connectivity index (χ3v) is 6.43. The summed E-state index contributed by atoms with van der Waals surface area (Å²) < 4.78 is 12.2. The van der Waals surface area contributed by atoms with Gasteiger partial charge in [-0.1, -0.05) is 30.3 Å². The Morgan fingerprint density at radius 3 is 2.71 bits per heavy atom. The lowest BCUT2D eigenvalue weighted by molar-refractivity contribution is -0.142. The van der Waals surface area contributed by atoms with Crippen LogP contribution in [0.15, 0.2) is 73.1 Å². The van der Waals surface area contributed by atoms with Crippen molar-refractivity contribution in [2.45, 2.75) is 43.6 Å². The Bertz CT molecular complexity index is 1190. The molecule has 5 rings (SSSR count). The first kappa shape index (κ1) is 23.0. The highest BCUT2D eigenvalue weighted by molar-refractivity contribution is 6.04. The molecule has 2 amide bonds. The fourth-order valence-corrected chi connectivity index (χ4v) is 4.74. The number of fused-ring (bicyclic) bond motifs is 3. The first-order chi connectivity index (χ1) is 17.1. The topological polar surface area (TPSA) is 110 Å². The molecular formula is C27H27N3O5. The Balaban J connectivity index is 1.26. The maximum absolute atomic E-state index is 12.6. The van der Waals surface area contributed by atoms with Crippen LogP contribution in [0.1, 0.15) is 40.2 Å². The van der Waals surface area contributed by atoms with E-state index in [1.807, 2.05) is 42.5 Å². The van der Waals surface area contributed by atoms with Crippen molar-refractivity contribution in [1.29, 1.82) is 0 Å². The van der Waals surface area contributed by atoms with Crippen LogP contribution in [0.4, 0.5) is 5.69 Å². The van der Waals surface area contributed by atoms with Crippen LogP contribution < -0.4 is 15.4 Å². The molecule has 2 aromatic carbocycles. The SMILES string of the molecule is O=C(C[C@@H]1C[C@@H]2c3cc(NC(=O)c4cccnc4)ccc3O[C@@H]2[C@H](CO)O1)NCc1ccccc1. The zero-order valence-corrected chi connectivity index (χ0v) is 19.1. The maximum atomic E-state index is 12.6. The Morgan fingerprint density at radius 2 is 1.94 bits per heavy atom. The average Bonchev–Trinajstić information content (AvgIpc) is 3.26. The largest absolute Gasteiger partial charge is 0.487 e. The summed E-state index contributed by atoms with van der Waals surface area (Å²) >= 11 is 0. The molecule has 3 N–H and O–H groups in total.